The maximum atomic E-state index is 4.05. The highest BCUT2D eigenvalue weighted by atomic mass is 79.9. The fourth-order valence-electron chi connectivity index (χ4n) is 1.41. The molecule has 0 bridgehead atoms. The summed E-state index contributed by atoms with van der Waals surface area (Å²) >= 11 is 3.50. The van der Waals surface area contributed by atoms with Crippen LogP contribution >= 0.6 is 15.9 Å². The third-order valence-corrected chi connectivity index (χ3v) is 2.64. The van der Waals surface area contributed by atoms with Gasteiger partial charge in [-0.2, -0.15) is 0 Å². The third-order valence-electron chi connectivity index (χ3n) is 2.02. The zero-order chi connectivity index (χ0) is 9.84. The lowest BCUT2D eigenvalue weighted by Gasteiger charge is -2.28. The van der Waals surface area contributed by atoms with Crippen LogP contribution < -0.4 is 4.90 Å². The lowest BCUT2D eigenvalue weighted by atomic mass is 10.2. The Morgan fingerprint density at radius 2 is 2.23 bits per heavy atom. The van der Waals surface area contributed by atoms with Gasteiger partial charge >= 0.3 is 0 Å². The van der Waals surface area contributed by atoms with Gasteiger partial charge in [-0.15, -0.1) is 0 Å². The first kappa shape index (κ1) is 10.5. The molecule has 0 aliphatic heterocycles. The number of hydrogen-bond acceptors (Lipinski definition) is 2. The van der Waals surface area contributed by atoms with Gasteiger partial charge in [0.2, 0.25) is 0 Å². The fourth-order valence-corrected chi connectivity index (χ4v) is 1.89. The highest BCUT2D eigenvalue weighted by Gasteiger charge is 2.10. The maximum Gasteiger partial charge on any atom is 0.0592 e. The van der Waals surface area contributed by atoms with E-state index in [9.17, 15) is 0 Å². The van der Waals surface area contributed by atoms with Gasteiger partial charge in [0.05, 0.1) is 10.2 Å². The van der Waals surface area contributed by atoms with E-state index >= 15 is 0 Å². The van der Waals surface area contributed by atoms with Crippen LogP contribution in [-0.4, -0.2) is 17.6 Å². The molecule has 0 unspecified atom stereocenters. The molecule has 0 spiro atoms. The molecule has 1 aromatic rings. The van der Waals surface area contributed by atoms with Crippen molar-refractivity contribution in [1.29, 1.82) is 0 Å². The molecular formula is C10H15BrN2. The quantitative estimate of drug-likeness (QED) is 0.810. The lowest BCUT2D eigenvalue weighted by molar-refractivity contribution is 0.702. The number of anilines is 1. The SMILES string of the molecule is CCN(c1ccncc1Br)C(C)C. The summed E-state index contributed by atoms with van der Waals surface area (Å²) in [5, 5.41) is 0. The summed E-state index contributed by atoms with van der Waals surface area (Å²) in [6.45, 7) is 7.56. The van der Waals surface area contributed by atoms with Crippen LogP contribution in [0.4, 0.5) is 5.69 Å². The smallest absolute Gasteiger partial charge is 0.0592 e. The summed E-state index contributed by atoms with van der Waals surface area (Å²) in [6, 6.07) is 2.55. The average molecular weight is 243 g/mol. The summed E-state index contributed by atoms with van der Waals surface area (Å²) in [7, 11) is 0. The van der Waals surface area contributed by atoms with Crippen LogP contribution in [0.3, 0.4) is 0 Å². The minimum atomic E-state index is 0.517. The minimum Gasteiger partial charge on any atom is -0.368 e. The molecule has 1 rings (SSSR count). The highest BCUT2D eigenvalue weighted by Crippen LogP contribution is 2.25. The van der Waals surface area contributed by atoms with Crippen molar-refractivity contribution in [1.82, 2.24) is 4.98 Å². The first-order valence-corrected chi connectivity index (χ1v) is 5.32. The van der Waals surface area contributed by atoms with Crippen LogP contribution in [0.1, 0.15) is 20.8 Å². The minimum absolute atomic E-state index is 0.517. The molecule has 0 N–H and O–H groups in total. The van der Waals surface area contributed by atoms with Crippen molar-refractivity contribution in [2.45, 2.75) is 26.8 Å². The molecular weight excluding hydrogens is 228 g/mol. The molecule has 0 aromatic carbocycles. The molecule has 1 aromatic heterocycles. The lowest BCUT2D eigenvalue weighted by Crippen LogP contribution is -2.30. The average Bonchev–Trinajstić information content (AvgIpc) is 2.09. The molecule has 0 radical (unpaired) electrons. The van der Waals surface area contributed by atoms with Crippen molar-refractivity contribution in [3.05, 3.63) is 22.9 Å². The first-order chi connectivity index (χ1) is 6.16. The fraction of sp³-hybridized carbons (Fsp3) is 0.500. The van der Waals surface area contributed by atoms with Gasteiger partial charge in [-0.25, -0.2) is 0 Å². The van der Waals surface area contributed by atoms with Crippen LogP contribution in [0.2, 0.25) is 0 Å². The Kier molecular flexibility index (Phi) is 3.72. The maximum absolute atomic E-state index is 4.05. The molecule has 2 nitrogen and oxygen atoms in total. The van der Waals surface area contributed by atoms with Crippen molar-refractivity contribution in [2.24, 2.45) is 0 Å². The summed E-state index contributed by atoms with van der Waals surface area (Å²) in [5.74, 6) is 0. The van der Waals surface area contributed by atoms with Gasteiger partial charge in [0.1, 0.15) is 0 Å². The number of aromatic nitrogens is 1. The standard InChI is InChI=1S/C10H15BrN2/c1-4-13(8(2)3)10-5-6-12-7-9(10)11/h5-8H,4H2,1-3H3. The Bertz CT molecular complexity index is 273. The summed E-state index contributed by atoms with van der Waals surface area (Å²) in [5.41, 5.74) is 1.22. The van der Waals surface area contributed by atoms with Crippen molar-refractivity contribution >= 4 is 21.6 Å². The van der Waals surface area contributed by atoms with E-state index in [2.05, 4.69) is 46.6 Å². The van der Waals surface area contributed by atoms with Crippen molar-refractivity contribution in [3.8, 4) is 0 Å². The third kappa shape index (κ3) is 2.44. The van der Waals surface area contributed by atoms with Crippen LogP contribution in [0.15, 0.2) is 22.9 Å². The Balaban J connectivity index is 2.97. The molecule has 0 aliphatic rings. The molecule has 1 heterocycles. The molecule has 0 aliphatic carbocycles. The highest BCUT2D eigenvalue weighted by molar-refractivity contribution is 9.10. The van der Waals surface area contributed by atoms with Gasteiger partial charge in [-0.1, -0.05) is 0 Å². The zero-order valence-electron chi connectivity index (χ0n) is 8.29. The summed E-state index contributed by atoms with van der Waals surface area (Å²) < 4.78 is 1.06. The number of hydrogen-bond donors (Lipinski definition) is 0. The second kappa shape index (κ2) is 4.61. The number of rotatable bonds is 3. The largest absolute Gasteiger partial charge is 0.368 e. The topological polar surface area (TPSA) is 16.1 Å². The van der Waals surface area contributed by atoms with Gasteiger partial charge in [-0.05, 0) is 42.8 Å². The molecule has 0 amide bonds. The Labute approximate surface area is 88.1 Å². The summed E-state index contributed by atoms with van der Waals surface area (Å²) in [6.07, 6.45) is 3.66. The number of nitrogens with zero attached hydrogens (tertiary/aromatic N) is 2. The van der Waals surface area contributed by atoms with E-state index in [-0.39, 0.29) is 0 Å². The predicted molar refractivity (Wildman–Crippen MR) is 60.1 cm³/mol. The van der Waals surface area contributed by atoms with Crippen LogP contribution in [0, 0.1) is 0 Å². The van der Waals surface area contributed by atoms with E-state index in [0.717, 1.165) is 11.0 Å². The van der Waals surface area contributed by atoms with Gasteiger partial charge < -0.3 is 4.90 Å². The predicted octanol–water partition coefficient (Wildman–Crippen LogP) is 3.08. The van der Waals surface area contributed by atoms with E-state index in [1.807, 2.05) is 18.5 Å². The van der Waals surface area contributed by atoms with Gasteiger partial charge in [0.25, 0.3) is 0 Å². The number of halogens is 1. The number of pyridine rings is 1. The molecule has 72 valence electrons. The summed E-state index contributed by atoms with van der Waals surface area (Å²) in [4.78, 5) is 6.37. The normalized spacial score (nSPS) is 10.5. The van der Waals surface area contributed by atoms with Crippen LogP contribution in [0.5, 0.6) is 0 Å². The molecule has 13 heavy (non-hydrogen) atoms. The second-order valence-electron chi connectivity index (χ2n) is 3.21. The first-order valence-electron chi connectivity index (χ1n) is 4.53. The van der Waals surface area contributed by atoms with Crippen LogP contribution in [0.25, 0.3) is 0 Å². The van der Waals surface area contributed by atoms with Crippen molar-refractivity contribution in [2.75, 3.05) is 11.4 Å². The van der Waals surface area contributed by atoms with Gasteiger partial charge in [0.15, 0.2) is 0 Å². The molecule has 0 fully saturated rings. The monoisotopic (exact) mass is 242 g/mol. The van der Waals surface area contributed by atoms with Gasteiger partial charge in [-0.3, -0.25) is 4.98 Å². The Morgan fingerprint density at radius 3 is 2.69 bits per heavy atom. The zero-order valence-corrected chi connectivity index (χ0v) is 9.87. The van der Waals surface area contributed by atoms with Crippen molar-refractivity contribution in [3.63, 3.8) is 0 Å². The van der Waals surface area contributed by atoms with Crippen molar-refractivity contribution < 1.29 is 0 Å². The Morgan fingerprint density at radius 1 is 1.54 bits per heavy atom. The van der Waals surface area contributed by atoms with E-state index in [0.29, 0.717) is 6.04 Å². The van der Waals surface area contributed by atoms with Crippen LogP contribution in [-0.2, 0) is 0 Å². The van der Waals surface area contributed by atoms with Gasteiger partial charge in [0, 0.05) is 25.0 Å². The molecule has 0 saturated heterocycles. The van der Waals surface area contributed by atoms with E-state index in [4.69, 9.17) is 0 Å². The Hall–Kier alpha value is -0.570. The van der Waals surface area contributed by atoms with E-state index in [1.165, 1.54) is 5.69 Å². The van der Waals surface area contributed by atoms with E-state index in [1.54, 1.807) is 0 Å². The second-order valence-corrected chi connectivity index (χ2v) is 4.06. The molecule has 0 saturated carbocycles. The molecule has 0 atom stereocenters. The molecule has 3 heteroatoms. The van der Waals surface area contributed by atoms with E-state index < -0.39 is 0 Å².